The second-order valence-electron chi connectivity index (χ2n) is 7.78. The molecule has 0 unspecified atom stereocenters. The SMILES string of the molecule is CCC1CCC(CN)(N2CCCC(C)(C)CC2)CC1. The molecule has 2 nitrogen and oxygen atoms in total. The molecule has 2 rings (SSSR count). The molecule has 1 heterocycles. The minimum atomic E-state index is 0.339. The third kappa shape index (κ3) is 3.52. The highest BCUT2D eigenvalue weighted by atomic mass is 15.2. The Morgan fingerprint density at radius 1 is 1.05 bits per heavy atom. The Labute approximate surface area is 120 Å². The molecule has 1 aliphatic carbocycles. The molecule has 19 heavy (non-hydrogen) atoms. The molecule has 0 atom stereocenters. The van der Waals surface area contributed by atoms with E-state index in [1.54, 1.807) is 0 Å². The van der Waals surface area contributed by atoms with Crippen molar-refractivity contribution in [3.63, 3.8) is 0 Å². The Kier molecular flexibility index (Phi) is 4.94. The second kappa shape index (κ2) is 6.13. The summed E-state index contributed by atoms with van der Waals surface area (Å²) in [5, 5.41) is 0. The summed E-state index contributed by atoms with van der Waals surface area (Å²) in [6.07, 6.45) is 10.9. The maximum atomic E-state index is 6.23. The summed E-state index contributed by atoms with van der Waals surface area (Å²) in [6.45, 7) is 10.6. The average molecular weight is 266 g/mol. The standard InChI is InChI=1S/C17H34N2/c1-4-15-6-9-17(14-18,10-7-15)19-12-5-8-16(2,3)11-13-19/h15H,4-14,18H2,1-3H3. The largest absolute Gasteiger partial charge is 0.329 e. The second-order valence-corrected chi connectivity index (χ2v) is 7.78. The van der Waals surface area contributed by atoms with Crippen molar-refractivity contribution in [1.29, 1.82) is 0 Å². The fraction of sp³-hybridized carbons (Fsp3) is 1.00. The van der Waals surface area contributed by atoms with E-state index in [0.717, 1.165) is 12.5 Å². The number of nitrogens with zero attached hydrogens (tertiary/aromatic N) is 1. The third-order valence-corrected chi connectivity index (χ3v) is 6.00. The van der Waals surface area contributed by atoms with E-state index in [0.29, 0.717) is 11.0 Å². The maximum Gasteiger partial charge on any atom is 0.0331 e. The van der Waals surface area contributed by atoms with Crippen molar-refractivity contribution in [2.24, 2.45) is 17.1 Å². The molecule has 0 aromatic rings. The van der Waals surface area contributed by atoms with Gasteiger partial charge in [-0.05, 0) is 69.4 Å². The van der Waals surface area contributed by atoms with Gasteiger partial charge in [0.25, 0.3) is 0 Å². The molecule has 112 valence electrons. The van der Waals surface area contributed by atoms with E-state index < -0.39 is 0 Å². The Bertz CT molecular complexity index is 277. The minimum Gasteiger partial charge on any atom is -0.329 e. The van der Waals surface area contributed by atoms with Crippen molar-refractivity contribution in [3.8, 4) is 0 Å². The lowest BCUT2D eigenvalue weighted by atomic mass is 9.74. The molecule has 2 heteroatoms. The van der Waals surface area contributed by atoms with E-state index >= 15 is 0 Å². The number of likely N-dealkylation sites (tertiary alicyclic amines) is 1. The molecule has 1 saturated carbocycles. The first-order valence-electron chi connectivity index (χ1n) is 8.46. The van der Waals surface area contributed by atoms with E-state index in [1.807, 2.05) is 0 Å². The number of nitrogens with two attached hydrogens (primary N) is 1. The van der Waals surface area contributed by atoms with Crippen LogP contribution in [0.5, 0.6) is 0 Å². The molecule has 0 radical (unpaired) electrons. The first-order valence-corrected chi connectivity index (χ1v) is 8.46. The summed E-state index contributed by atoms with van der Waals surface area (Å²) in [7, 11) is 0. The first kappa shape index (κ1) is 15.3. The van der Waals surface area contributed by atoms with Gasteiger partial charge in [-0.25, -0.2) is 0 Å². The van der Waals surface area contributed by atoms with Crippen LogP contribution in [0.2, 0.25) is 0 Å². The van der Waals surface area contributed by atoms with E-state index in [2.05, 4.69) is 25.7 Å². The molecule has 0 aromatic heterocycles. The molecule has 0 spiro atoms. The van der Waals surface area contributed by atoms with Crippen molar-refractivity contribution in [2.45, 2.75) is 77.7 Å². The lowest BCUT2D eigenvalue weighted by molar-refractivity contribution is 0.0422. The summed E-state index contributed by atoms with van der Waals surface area (Å²) in [6, 6.07) is 0. The third-order valence-electron chi connectivity index (χ3n) is 6.00. The van der Waals surface area contributed by atoms with Gasteiger partial charge >= 0.3 is 0 Å². The van der Waals surface area contributed by atoms with Gasteiger partial charge in [-0.2, -0.15) is 0 Å². The summed E-state index contributed by atoms with van der Waals surface area (Å²) in [4.78, 5) is 2.77. The van der Waals surface area contributed by atoms with Crippen molar-refractivity contribution in [2.75, 3.05) is 19.6 Å². The Hall–Kier alpha value is -0.0800. The van der Waals surface area contributed by atoms with E-state index in [1.165, 1.54) is 64.5 Å². The van der Waals surface area contributed by atoms with E-state index in [4.69, 9.17) is 5.73 Å². The van der Waals surface area contributed by atoms with Gasteiger partial charge in [0.05, 0.1) is 0 Å². The van der Waals surface area contributed by atoms with Crippen LogP contribution in [0.15, 0.2) is 0 Å². The van der Waals surface area contributed by atoms with Crippen LogP contribution < -0.4 is 5.73 Å². The molecular weight excluding hydrogens is 232 g/mol. The van der Waals surface area contributed by atoms with Crippen LogP contribution in [0.4, 0.5) is 0 Å². The van der Waals surface area contributed by atoms with E-state index in [9.17, 15) is 0 Å². The van der Waals surface area contributed by atoms with Crippen LogP contribution >= 0.6 is 0 Å². The molecule has 0 amide bonds. The fourth-order valence-electron chi connectivity index (χ4n) is 4.17. The molecule has 0 bridgehead atoms. The first-order chi connectivity index (χ1) is 9.01. The van der Waals surface area contributed by atoms with Crippen molar-refractivity contribution in [1.82, 2.24) is 4.90 Å². The van der Waals surface area contributed by atoms with E-state index in [-0.39, 0.29) is 0 Å². The highest BCUT2D eigenvalue weighted by molar-refractivity contribution is 4.97. The van der Waals surface area contributed by atoms with Gasteiger partial charge in [-0.15, -0.1) is 0 Å². The molecule has 1 aliphatic heterocycles. The van der Waals surface area contributed by atoms with Crippen molar-refractivity contribution >= 4 is 0 Å². The van der Waals surface area contributed by atoms with Crippen LogP contribution in [0, 0.1) is 11.3 Å². The zero-order valence-electron chi connectivity index (χ0n) is 13.4. The normalized spacial score (nSPS) is 36.9. The maximum absolute atomic E-state index is 6.23. The topological polar surface area (TPSA) is 29.3 Å². The van der Waals surface area contributed by atoms with Gasteiger partial charge in [-0.1, -0.05) is 27.2 Å². The van der Waals surface area contributed by atoms with Gasteiger partial charge in [0.2, 0.25) is 0 Å². The summed E-state index contributed by atoms with van der Waals surface area (Å²) in [5.41, 5.74) is 7.11. The highest BCUT2D eigenvalue weighted by Crippen LogP contribution is 2.40. The van der Waals surface area contributed by atoms with Crippen molar-refractivity contribution in [3.05, 3.63) is 0 Å². The Morgan fingerprint density at radius 3 is 2.32 bits per heavy atom. The smallest absolute Gasteiger partial charge is 0.0331 e. The molecule has 1 saturated heterocycles. The molecule has 2 fully saturated rings. The predicted octanol–water partition coefficient (Wildman–Crippen LogP) is 3.80. The van der Waals surface area contributed by atoms with Gasteiger partial charge in [-0.3, -0.25) is 4.90 Å². The van der Waals surface area contributed by atoms with Crippen molar-refractivity contribution < 1.29 is 0 Å². The lowest BCUT2D eigenvalue weighted by Crippen LogP contribution is -2.56. The summed E-state index contributed by atoms with van der Waals surface area (Å²) < 4.78 is 0. The predicted molar refractivity (Wildman–Crippen MR) is 83.2 cm³/mol. The molecule has 0 aromatic carbocycles. The van der Waals surface area contributed by atoms with Crippen LogP contribution in [0.25, 0.3) is 0 Å². The zero-order valence-corrected chi connectivity index (χ0v) is 13.4. The summed E-state index contributed by atoms with van der Waals surface area (Å²) >= 11 is 0. The number of hydrogen-bond acceptors (Lipinski definition) is 2. The number of hydrogen-bond donors (Lipinski definition) is 1. The molecule has 2 N–H and O–H groups in total. The van der Waals surface area contributed by atoms with Crippen LogP contribution in [-0.4, -0.2) is 30.1 Å². The van der Waals surface area contributed by atoms with Gasteiger partial charge in [0.15, 0.2) is 0 Å². The molecule has 2 aliphatic rings. The average Bonchev–Trinajstić information content (AvgIpc) is 2.60. The minimum absolute atomic E-state index is 0.339. The van der Waals surface area contributed by atoms with Crippen LogP contribution in [0.3, 0.4) is 0 Å². The Balaban J connectivity index is 2.01. The lowest BCUT2D eigenvalue weighted by Gasteiger charge is -2.47. The monoisotopic (exact) mass is 266 g/mol. The zero-order chi connectivity index (χ0) is 13.9. The quantitative estimate of drug-likeness (QED) is 0.842. The fourth-order valence-corrected chi connectivity index (χ4v) is 4.17. The number of rotatable bonds is 3. The van der Waals surface area contributed by atoms with Crippen LogP contribution in [-0.2, 0) is 0 Å². The van der Waals surface area contributed by atoms with Gasteiger partial charge < -0.3 is 5.73 Å². The summed E-state index contributed by atoms with van der Waals surface area (Å²) in [5.74, 6) is 0.961. The van der Waals surface area contributed by atoms with Gasteiger partial charge in [0.1, 0.15) is 0 Å². The highest BCUT2D eigenvalue weighted by Gasteiger charge is 2.40. The van der Waals surface area contributed by atoms with Gasteiger partial charge in [0, 0.05) is 12.1 Å². The Morgan fingerprint density at radius 2 is 1.74 bits per heavy atom. The molecular formula is C17H34N2. The van der Waals surface area contributed by atoms with Crippen LogP contribution in [0.1, 0.15) is 72.1 Å².